The molecule has 0 spiro atoms. The third kappa shape index (κ3) is 5.17. The third-order valence-corrected chi connectivity index (χ3v) is 6.82. The smallest absolute Gasteiger partial charge is 0.289 e. The van der Waals surface area contributed by atoms with Crippen LogP contribution in [0.25, 0.3) is 0 Å². The molecule has 1 aliphatic rings. The van der Waals surface area contributed by atoms with Crippen molar-refractivity contribution in [1.29, 1.82) is 0 Å². The molecule has 2 heterocycles. The van der Waals surface area contributed by atoms with E-state index in [0.717, 1.165) is 0 Å². The topological polar surface area (TPSA) is 118 Å². The molecule has 31 heavy (non-hydrogen) atoms. The number of nitrogens with zero attached hydrogens (tertiary/aromatic N) is 2. The van der Waals surface area contributed by atoms with E-state index in [-0.39, 0.29) is 61.5 Å². The molecule has 3 rings (SSSR count). The average Bonchev–Trinajstić information content (AvgIpc) is 3.32. The Bertz CT molecular complexity index is 1010. The minimum Gasteiger partial charge on any atom is -0.493 e. The molecule has 1 fully saturated rings. The molecule has 1 saturated heterocycles. The fraction of sp³-hybridized carbons (Fsp3) is 0.400. The van der Waals surface area contributed by atoms with Gasteiger partial charge in [0.25, 0.3) is 11.8 Å². The van der Waals surface area contributed by atoms with Gasteiger partial charge in [0.15, 0.2) is 17.3 Å². The number of carbonyl (C=O) groups is 2. The normalized spacial score (nSPS) is 14.8. The van der Waals surface area contributed by atoms with E-state index in [1.165, 1.54) is 24.8 Å². The molecule has 1 aromatic carbocycles. The van der Waals surface area contributed by atoms with Gasteiger partial charge in [-0.2, -0.15) is 4.31 Å². The second kappa shape index (κ2) is 9.84. The first-order chi connectivity index (χ1) is 14.9. The van der Waals surface area contributed by atoms with Crippen LogP contribution in [0, 0.1) is 0 Å². The predicted molar refractivity (Wildman–Crippen MR) is 112 cm³/mol. The maximum atomic E-state index is 12.6. The van der Waals surface area contributed by atoms with Gasteiger partial charge in [-0.15, -0.1) is 0 Å². The Balaban J connectivity index is 1.52. The maximum Gasteiger partial charge on any atom is 0.289 e. The molecule has 0 bridgehead atoms. The zero-order chi connectivity index (χ0) is 22.4. The number of sulfonamides is 1. The summed E-state index contributed by atoms with van der Waals surface area (Å²) < 4.78 is 42.1. The molecule has 0 unspecified atom stereocenters. The van der Waals surface area contributed by atoms with Crippen LogP contribution in [0.2, 0.25) is 0 Å². The minimum absolute atomic E-state index is 0.0624. The highest BCUT2D eigenvalue weighted by molar-refractivity contribution is 7.89. The van der Waals surface area contributed by atoms with Crippen molar-refractivity contribution in [1.82, 2.24) is 14.5 Å². The van der Waals surface area contributed by atoms with Gasteiger partial charge in [-0.05, 0) is 24.3 Å². The SMILES string of the molecule is COc1cccc(C(=O)NCCS(=O)(=O)N2CCN(C(=O)c3ccco3)CC2)c1OC. The number of methoxy groups -OCH3 is 2. The van der Waals surface area contributed by atoms with E-state index in [4.69, 9.17) is 13.9 Å². The summed E-state index contributed by atoms with van der Waals surface area (Å²) in [6, 6.07) is 8.09. The number of para-hydroxylation sites is 1. The molecule has 2 amide bonds. The summed E-state index contributed by atoms with van der Waals surface area (Å²) in [7, 11) is -0.699. The van der Waals surface area contributed by atoms with Crippen molar-refractivity contribution >= 4 is 21.8 Å². The summed E-state index contributed by atoms with van der Waals surface area (Å²) in [5.41, 5.74) is 0.254. The molecule has 1 N–H and O–H groups in total. The second-order valence-corrected chi connectivity index (χ2v) is 8.87. The van der Waals surface area contributed by atoms with Crippen LogP contribution in [0.5, 0.6) is 11.5 Å². The molecule has 11 heteroatoms. The molecule has 1 aromatic heterocycles. The lowest BCUT2D eigenvalue weighted by atomic mass is 10.1. The molecule has 1 aliphatic heterocycles. The molecule has 0 aliphatic carbocycles. The number of rotatable bonds is 8. The van der Waals surface area contributed by atoms with E-state index in [1.54, 1.807) is 35.2 Å². The number of hydrogen-bond acceptors (Lipinski definition) is 7. The summed E-state index contributed by atoms with van der Waals surface area (Å²) in [6.07, 6.45) is 1.42. The molecule has 0 saturated carbocycles. The van der Waals surface area contributed by atoms with Gasteiger partial charge in [0.2, 0.25) is 10.0 Å². The molecule has 2 aromatic rings. The second-order valence-electron chi connectivity index (χ2n) is 6.78. The van der Waals surface area contributed by atoms with Crippen molar-refractivity contribution in [3.8, 4) is 11.5 Å². The Morgan fingerprint density at radius 2 is 1.81 bits per heavy atom. The fourth-order valence-corrected chi connectivity index (χ4v) is 4.65. The number of carbonyl (C=O) groups excluding carboxylic acids is 2. The Morgan fingerprint density at radius 3 is 2.42 bits per heavy atom. The number of nitrogens with one attached hydrogen (secondary N) is 1. The van der Waals surface area contributed by atoms with Gasteiger partial charge in [0, 0.05) is 32.7 Å². The van der Waals surface area contributed by atoms with Crippen molar-refractivity contribution in [2.24, 2.45) is 0 Å². The highest BCUT2D eigenvalue weighted by Gasteiger charge is 2.30. The summed E-state index contributed by atoms with van der Waals surface area (Å²) in [5, 5.41) is 2.61. The van der Waals surface area contributed by atoms with Crippen LogP contribution in [-0.2, 0) is 10.0 Å². The monoisotopic (exact) mass is 451 g/mol. The van der Waals surface area contributed by atoms with E-state index in [9.17, 15) is 18.0 Å². The Labute approximate surface area is 180 Å². The van der Waals surface area contributed by atoms with Crippen LogP contribution in [0.15, 0.2) is 41.0 Å². The van der Waals surface area contributed by atoms with E-state index in [2.05, 4.69) is 5.32 Å². The van der Waals surface area contributed by atoms with Gasteiger partial charge in [-0.1, -0.05) is 6.07 Å². The van der Waals surface area contributed by atoms with Gasteiger partial charge in [-0.3, -0.25) is 9.59 Å². The quantitative estimate of drug-likeness (QED) is 0.631. The molecular weight excluding hydrogens is 426 g/mol. The molecular formula is C20H25N3O7S. The van der Waals surface area contributed by atoms with Gasteiger partial charge < -0.3 is 24.1 Å². The lowest BCUT2D eigenvalue weighted by molar-refractivity contribution is 0.0665. The largest absolute Gasteiger partial charge is 0.493 e. The Kier molecular flexibility index (Phi) is 7.18. The van der Waals surface area contributed by atoms with Gasteiger partial charge in [-0.25, -0.2) is 8.42 Å². The van der Waals surface area contributed by atoms with Crippen molar-refractivity contribution in [3.63, 3.8) is 0 Å². The summed E-state index contributed by atoms with van der Waals surface area (Å²) in [4.78, 5) is 26.3. The zero-order valence-corrected chi connectivity index (χ0v) is 18.2. The van der Waals surface area contributed by atoms with Crippen LogP contribution in [0.3, 0.4) is 0 Å². The number of benzene rings is 1. The first-order valence-electron chi connectivity index (χ1n) is 9.67. The van der Waals surface area contributed by atoms with Crippen LogP contribution >= 0.6 is 0 Å². The van der Waals surface area contributed by atoms with Gasteiger partial charge >= 0.3 is 0 Å². The summed E-state index contributed by atoms with van der Waals surface area (Å²) >= 11 is 0. The first kappa shape index (κ1) is 22.6. The van der Waals surface area contributed by atoms with Crippen LogP contribution < -0.4 is 14.8 Å². The van der Waals surface area contributed by atoms with Crippen molar-refractivity contribution in [3.05, 3.63) is 47.9 Å². The van der Waals surface area contributed by atoms with E-state index in [1.807, 2.05) is 0 Å². The van der Waals surface area contributed by atoms with Gasteiger partial charge in [0.1, 0.15) is 0 Å². The Morgan fingerprint density at radius 1 is 1.06 bits per heavy atom. The summed E-state index contributed by atoms with van der Waals surface area (Å²) in [6.45, 7) is 0.851. The predicted octanol–water partition coefficient (Wildman–Crippen LogP) is 0.814. The van der Waals surface area contributed by atoms with Crippen molar-refractivity contribution in [2.75, 3.05) is 52.7 Å². The number of furan rings is 1. The first-order valence-corrected chi connectivity index (χ1v) is 11.3. The molecule has 0 radical (unpaired) electrons. The maximum absolute atomic E-state index is 12.6. The van der Waals surface area contributed by atoms with E-state index < -0.39 is 15.9 Å². The fourth-order valence-electron chi connectivity index (χ4n) is 3.31. The van der Waals surface area contributed by atoms with Crippen molar-refractivity contribution < 1.29 is 31.9 Å². The molecule has 168 valence electrons. The average molecular weight is 452 g/mol. The number of amides is 2. The third-order valence-electron chi connectivity index (χ3n) is 4.94. The van der Waals surface area contributed by atoms with Crippen molar-refractivity contribution in [2.45, 2.75) is 0 Å². The lowest BCUT2D eigenvalue weighted by Crippen LogP contribution is -2.51. The lowest BCUT2D eigenvalue weighted by Gasteiger charge is -2.33. The van der Waals surface area contributed by atoms with Crippen LogP contribution in [-0.4, -0.2) is 82.1 Å². The highest BCUT2D eigenvalue weighted by atomic mass is 32.2. The van der Waals surface area contributed by atoms with E-state index in [0.29, 0.717) is 5.75 Å². The minimum atomic E-state index is -3.59. The van der Waals surface area contributed by atoms with Crippen LogP contribution in [0.1, 0.15) is 20.9 Å². The zero-order valence-electron chi connectivity index (χ0n) is 17.4. The highest BCUT2D eigenvalue weighted by Crippen LogP contribution is 2.30. The molecule has 10 nitrogen and oxygen atoms in total. The Hall–Kier alpha value is -3.05. The van der Waals surface area contributed by atoms with Crippen LogP contribution in [0.4, 0.5) is 0 Å². The number of hydrogen-bond donors (Lipinski definition) is 1. The number of ether oxygens (including phenoxy) is 2. The summed E-state index contributed by atoms with van der Waals surface area (Å²) in [5.74, 6) is -0.0576. The number of piperazine rings is 1. The molecule has 0 atom stereocenters. The standard InChI is InChI=1S/C20H25N3O7S/c1-28-16-6-3-5-15(18(16)29-2)19(24)21-8-14-31(26,27)23-11-9-22(10-12-23)20(25)17-7-4-13-30-17/h3-7,13H,8-12,14H2,1-2H3,(H,21,24). The van der Waals surface area contributed by atoms with Gasteiger partial charge in [0.05, 0.1) is 31.8 Å². The van der Waals surface area contributed by atoms with E-state index >= 15 is 0 Å².